The van der Waals surface area contributed by atoms with E-state index in [0.717, 1.165) is 12.8 Å². The largest absolute Gasteiger partial charge is 0.481 e. The third-order valence-corrected chi connectivity index (χ3v) is 5.46. The first-order valence-electron chi connectivity index (χ1n) is 11.9. The number of hydrogen-bond donors (Lipinski definition) is 4. The average molecular weight is 509 g/mol. The summed E-state index contributed by atoms with van der Waals surface area (Å²) in [5.74, 6) is -2.38. The monoisotopic (exact) mass is 508 g/mol. The van der Waals surface area contributed by atoms with Gasteiger partial charge in [-0.05, 0) is 33.4 Å². The van der Waals surface area contributed by atoms with E-state index in [4.69, 9.17) is 10.6 Å². The van der Waals surface area contributed by atoms with Crippen LogP contribution in [0.5, 0.6) is 0 Å². The number of nitrogens with one attached hydrogen (secondary N) is 3. The molecule has 0 aliphatic heterocycles. The highest BCUT2D eigenvalue weighted by atomic mass is 16.4. The minimum Gasteiger partial charge on any atom is -0.481 e. The van der Waals surface area contributed by atoms with Crippen molar-refractivity contribution in [3.05, 3.63) is 22.7 Å². The summed E-state index contributed by atoms with van der Waals surface area (Å²) in [5, 5.41) is 32.6. The van der Waals surface area contributed by atoms with Gasteiger partial charge in [-0.3, -0.25) is 28.6 Å². The van der Waals surface area contributed by atoms with Crippen LogP contribution in [0, 0.1) is 5.41 Å². The quantitative estimate of drug-likeness (QED) is 0.132. The molecule has 0 fully saturated rings. The van der Waals surface area contributed by atoms with E-state index < -0.39 is 41.7 Å². The zero-order valence-corrected chi connectivity index (χ0v) is 21.3. The smallest absolute Gasteiger partial charge is 0.305 e. The number of aromatic nitrogens is 2. The van der Waals surface area contributed by atoms with Gasteiger partial charge in [0, 0.05) is 12.4 Å². The number of hydrogen-bond acceptors (Lipinski definition) is 9. The highest BCUT2D eigenvalue weighted by Gasteiger charge is 2.29. The summed E-state index contributed by atoms with van der Waals surface area (Å²) in [5.41, 5.74) is -0.432. The molecule has 13 nitrogen and oxygen atoms in total. The highest BCUT2D eigenvalue weighted by Crippen LogP contribution is 2.14. The Bertz CT molecular complexity index is 1010. The Balaban J connectivity index is 3.14. The number of Topliss-reactive ketones (excluding diaryl/α,β-unsaturated/α-hetero) is 1. The second kappa shape index (κ2) is 15.4. The van der Waals surface area contributed by atoms with Crippen molar-refractivity contribution in [3.8, 4) is 0 Å². The number of carboxylic acid groups (broad SMARTS) is 1. The molecule has 0 aliphatic rings. The van der Waals surface area contributed by atoms with Gasteiger partial charge >= 0.3 is 5.97 Å². The maximum atomic E-state index is 13.2. The van der Waals surface area contributed by atoms with Crippen LogP contribution in [-0.2, 0) is 14.4 Å². The molecule has 1 aromatic rings. The van der Waals surface area contributed by atoms with Crippen molar-refractivity contribution in [1.29, 1.82) is 5.41 Å². The highest BCUT2D eigenvalue weighted by molar-refractivity contribution is 6.41. The van der Waals surface area contributed by atoms with Gasteiger partial charge in [-0.2, -0.15) is 0 Å². The number of amides is 1. The predicted molar refractivity (Wildman–Crippen MR) is 137 cm³/mol. The molecule has 1 amide bonds. The summed E-state index contributed by atoms with van der Waals surface area (Å²) < 4.78 is 1.18. The van der Waals surface area contributed by atoms with Gasteiger partial charge in [0.05, 0.1) is 36.4 Å². The average Bonchev–Trinajstić information content (AvgIpc) is 2.81. The zero-order valence-electron chi connectivity index (χ0n) is 21.3. The fourth-order valence-corrected chi connectivity index (χ4v) is 3.46. The molecular formula is C23H38N7O6+. The van der Waals surface area contributed by atoms with Crippen LogP contribution in [0.2, 0.25) is 0 Å². The van der Waals surface area contributed by atoms with E-state index in [1.165, 1.54) is 23.9 Å². The molecule has 1 heterocycles. The Morgan fingerprint density at radius 1 is 1.31 bits per heavy atom. The van der Waals surface area contributed by atoms with Gasteiger partial charge in [0.15, 0.2) is 17.3 Å². The maximum absolute atomic E-state index is 13.2. The van der Waals surface area contributed by atoms with Gasteiger partial charge < -0.3 is 26.4 Å². The van der Waals surface area contributed by atoms with E-state index in [0.29, 0.717) is 13.0 Å². The predicted octanol–water partition coefficient (Wildman–Crippen LogP) is 0.377. The number of carbonyl (C=O) groups is 3. The third-order valence-electron chi connectivity index (χ3n) is 5.46. The fourth-order valence-electron chi connectivity index (χ4n) is 3.46. The number of likely N-dealkylation sites (N-methyl/N-ethyl adjacent to an activating group) is 1. The Kier molecular flexibility index (Phi) is 13.0. The van der Waals surface area contributed by atoms with Crippen molar-refractivity contribution in [3.63, 3.8) is 0 Å². The van der Waals surface area contributed by atoms with Crippen molar-refractivity contribution < 1.29 is 24.7 Å². The van der Waals surface area contributed by atoms with E-state index in [9.17, 15) is 24.3 Å². The topological polar surface area (TPSA) is 193 Å². The first-order valence-corrected chi connectivity index (χ1v) is 11.9. The number of carboxylic acids is 1. The van der Waals surface area contributed by atoms with Crippen LogP contribution in [0.3, 0.4) is 0 Å². The van der Waals surface area contributed by atoms with Crippen molar-refractivity contribution in [2.75, 3.05) is 32.0 Å². The van der Waals surface area contributed by atoms with Crippen LogP contribution in [0.4, 0.5) is 5.82 Å². The molecule has 2 unspecified atom stereocenters. The molecule has 0 aliphatic carbocycles. The molecule has 0 saturated carbocycles. The Morgan fingerprint density at radius 3 is 2.56 bits per heavy atom. The van der Waals surface area contributed by atoms with Gasteiger partial charge in [-0.1, -0.05) is 26.7 Å². The standard InChI is InChI=1S/C23H37N7O6/c1-5-7-10-29(4)14-19(31)16(12-20(32)33)27-22(34)18(8-6-2)30-11-9-25-21(23(30)35)26-13-17(28-36)15(3)24/h9,11,16,18,24,36H,5-8,10,12-14H2,1-4H3,(H,25,26)(H,27,34)(H,32,33)/p+1/b24-15?,28-17-. The maximum Gasteiger partial charge on any atom is 0.305 e. The molecule has 1 rings (SSSR count). The number of nitrogens with zero attached hydrogens (tertiary/aromatic N) is 4. The van der Waals surface area contributed by atoms with Crippen LogP contribution < -0.4 is 16.2 Å². The summed E-state index contributed by atoms with van der Waals surface area (Å²) in [6, 6.07) is -2.23. The molecule has 2 atom stereocenters. The number of ketones is 1. The SMILES string of the molecule is CCCCN(C)CC(=O)C(CC(=O)O)NC(=O)C(CCC)n1ccnc(NC/C(=N/[OH2+])C(C)=N)c1=O. The number of carbonyl (C=O) groups excluding carboxylic acids is 2. The fraction of sp³-hybridized carbons (Fsp3) is 0.609. The van der Waals surface area contributed by atoms with Crippen LogP contribution in [0.1, 0.15) is 58.9 Å². The van der Waals surface area contributed by atoms with Crippen molar-refractivity contribution in [2.24, 2.45) is 5.16 Å². The first-order chi connectivity index (χ1) is 17.0. The zero-order chi connectivity index (χ0) is 27.3. The molecular weight excluding hydrogens is 470 g/mol. The molecule has 36 heavy (non-hydrogen) atoms. The van der Waals surface area contributed by atoms with Gasteiger partial charge in [0.25, 0.3) is 5.56 Å². The van der Waals surface area contributed by atoms with Crippen molar-refractivity contribution >= 4 is 34.9 Å². The van der Waals surface area contributed by atoms with E-state index in [1.54, 1.807) is 11.9 Å². The van der Waals surface area contributed by atoms with Crippen molar-refractivity contribution in [2.45, 2.75) is 65.0 Å². The number of anilines is 1. The molecule has 0 bridgehead atoms. The van der Waals surface area contributed by atoms with Crippen LogP contribution in [0.25, 0.3) is 0 Å². The van der Waals surface area contributed by atoms with Crippen LogP contribution in [0.15, 0.2) is 22.3 Å². The summed E-state index contributed by atoms with van der Waals surface area (Å²) in [6.45, 7) is 5.90. The van der Waals surface area contributed by atoms with Gasteiger partial charge in [-0.25, -0.2) is 4.98 Å². The molecule has 0 radical (unpaired) electrons. The molecule has 0 spiro atoms. The number of rotatable bonds is 17. The van der Waals surface area contributed by atoms with E-state index in [2.05, 4.69) is 20.8 Å². The molecule has 0 aromatic carbocycles. The summed E-state index contributed by atoms with van der Waals surface area (Å²) >= 11 is 0. The summed E-state index contributed by atoms with van der Waals surface area (Å²) in [7, 11) is 1.76. The molecule has 6 N–H and O–H groups in total. The summed E-state index contributed by atoms with van der Waals surface area (Å²) in [4.78, 5) is 56.2. The second-order valence-corrected chi connectivity index (χ2v) is 8.55. The number of aliphatic carboxylic acids is 1. The minimum absolute atomic E-state index is 0.00767. The van der Waals surface area contributed by atoms with Gasteiger partial charge in [-0.15, -0.1) is 0 Å². The lowest BCUT2D eigenvalue weighted by molar-refractivity contribution is -0.140. The normalized spacial score (nSPS) is 13.2. The summed E-state index contributed by atoms with van der Waals surface area (Å²) in [6.07, 6.45) is 4.74. The van der Waals surface area contributed by atoms with E-state index in [-0.39, 0.29) is 36.8 Å². The Morgan fingerprint density at radius 2 is 2.00 bits per heavy atom. The minimum atomic E-state index is -1.24. The molecule has 13 heteroatoms. The van der Waals surface area contributed by atoms with Gasteiger partial charge in [0.1, 0.15) is 6.04 Å². The lowest BCUT2D eigenvalue weighted by Gasteiger charge is -2.24. The Hall–Kier alpha value is -3.61. The van der Waals surface area contributed by atoms with Crippen LogP contribution in [-0.4, -0.2) is 86.6 Å². The van der Waals surface area contributed by atoms with E-state index in [1.807, 2.05) is 13.8 Å². The van der Waals surface area contributed by atoms with Crippen molar-refractivity contribution in [1.82, 2.24) is 19.8 Å². The first kappa shape index (κ1) is 30.4. The molecule has 1 aromatic heterocycles. The number of unbranched alkanes of at least 4 members (excludes halogenated alkanes) is 1. The second-order valence-electron chi connectivity index (χ2n) is 8.55. The lowest BCUT2D eigenvalue weighted by atomic mass is 10.1. The molecule has 0 saturated heterocycles. The lowest BCUT2D eigenvalue weighted by Crippen LogP contribution is -2.49. The van der Waals surface area contributed by atoms with Crippen LogP contribution >= 0.6 is 0 Å². The third kappa shape index (κ3) is 9.56. The van der Waals surface area contributed by atoms with E-state index >= 15 is 0 Å². The Labute approximate surface area is 210 Å². The van der Waals surface area contributed by atoms with Gasteiger partial charge in [0.2, 0.25) is 5.91 Å². The molecule has 200 valence electrons.